The Hall–Kier alpha value is -3.28. The average molecular weight is 339 g/mol. The summed E-state index contributed by atoms with van der Waals surface area (Å²) in [5.41, 5.74) is 2.74. The molecule has 0 bridgehead atoms. The molecule has 128 valence electrons. The number of benzene rings is 2. The number of hydrogen-bond acceptors (Lipinski definition) is 5. The maximum absolute atomic E-state index is 12.0. The van der Waals surface area contributed by atoms with Crippen molar-refractivity contribution in [2.75, 3.05) is 11.9 Å². The van der Waals surface area contributed by atoms with Crippen molar-refractivity contribution in [3.8, 4) is 5.75 Å². The number of hydrogen-bond donors (Lipinski definition) is 2. The number of anilines is 1. The van der Waals surface area contributed by atoms with Gasteiger partial charge in [-0.05, 0) is 30.7 Å². The van der Waals surface area contributed by atoms with Crippen LogP contribution in [0.5, 0.6) is 5.75 Å². The summed E-state index contributed by atoms with van der Waals surface area (Å²) in [5.74, 6) is -0.843. The number of rotatable bonds is 5. The quantitative estimate of drug-likeness (QED) is 0.697. The highest BCUT2D eigenvalue weighted by molar-refractivity contribution is 5.94. The number of carbonyl (C=O) groups excluding carboxylic acids is 2. The van der Waals surface area contributed by atoms with Crippen LogP contribution >= 0.6 is 0 Å². The Labute approximate surface area is 144 Å². The zero-order chi connectivity index (χ0) is 17.8. The minimum atomic E-state index is -0.532. The molecule has 25 heavy (non-hydrogen) atoms. The van der Waals surface area contributed by atoms with E-state index < -0.39 is 11.9 Å². The van der Waals surface area contributed by atoms with Crippen LogP contribution in [-0.4, -0.2) is 23.6 Å². The predicted octanol–water partition coefficient (Wildman–Crippen LogP) is 3.17. The molecule has 0 saturated carbocycles. The van der Waals surface area contributed by atoms with Crippen LogP contribution in [0.3, 0.4) is 0 Å². The normalized spacial score (nSPS) is 10.6. The first-order valence-electron chi connectivity index (χ1n) is 7.73. The third-order valence-corrected chi connectivity index (χ3v) is 3.76. The Kier molecular flexibility index (Phi) is 4.70. The number of aryl methyl sites for hydroxylation is 1. The van der Waals surface area contributed by atoms with Crippen molar-refractivity contribution in [1.82, 2.24) is 0 Å². The average Bonchev–Trinajstić information content (AvgIpc) is 2.97. The van der Waals surface area contributed by atoms with E-state index in [0.29, 0.717) is 16.8 Å². The lowest BCUT2D eigenvalue weighted by atomic mass is 10.1. The monoisotopic (exact) mass is 339 g/mol. The lowest BCUT2D eigenvalue weighted by molar-refractivity contribution is -0.146. The Morgan fingerprint density at radius 1 is 1.20 bits per heavy atom. The maximum atomic E-state index is 12.0. The SMILES string of the molecule is Cc1ccccc1NC(=O)COC(=O)Cc1coc2cc(O)ccc12. The van der Waals surface area contributed by atoms with Crippen LogP contribution < -0.4 is 5.32 Å². The third-order valence-electron chi connectivity index (χ3n) is 3.76. The largest absolute Gasteiger partial charge is 0.508 e. The van der Waals surface area contributed by atoms with Gasteiger partial charge in [-0.1, -0.05) is 18.2 Å². The number of para-hydroxylation sites is 1. The van der Waals surface area contributed by atoms with E-state index in [1.807, 2.05) is 25.1 Å². The number of fused-ring (bicyclic) bond motifs is 1. The van der Waals surface area contributed by atoms with Gasteiger partial charge in [0, 0.05) is 22.7 Å². The van der Waals surface area contributed by atoms with E-state index in [9.17, 15) is 14.7 Å². The number of amides is 1. The van der Waals surface area contributed by atoms with E-state index in [1.54, 1.807) is 12.1 Å². The van der Waals surface area contributed by atoms with Gasteiger partial charge in [-0.2, -0.15) is 0 Å². The number of furan rings is 1. The van der Waals surface area contributed by atoms with E-state index in [1.165, 1.54) is 18.4 Å². The molecule has 6 heteroatoms. The van der Waals surface area contributed by atoms with Crippen LogP contribution in [0, 0.1) is 6.92 Å². The lowest BCUT2D eigenvalue weighted by Crippen LogP contribution is -2.22. The summed E-state index contributed by atoms with van der Waals surface area (Å²) in [6.45, 7) is 1.52. The minimum absolute atomic E-state index is 0.0184. The minimum Gasteiger partial charge on any atom is -0.508 e. The summed E-state index contributed by atoms with van der Waals surface area (Å²) in [6, 6.07) is 12.0. The van der Waals surface area contributed by atoms with Crippen LogP contribution in [0.15, 0.2) is 53.1 Å². The molecule has 0 radical (unpaired) electrons. The number of nitrogens with one attached hydrogen (secondary N) is 1. The molecule has 3 aromatic rings. The molecule has 0 aliphatic carbocycles. The topological polar surface area (TPSA) is 88.8 Å². The second kappa shape index (κ2) is 7.09. The summed E-state index contributed by atoms with van der Waals surface area (Å²) in [6.07, 6.45) is 1.42. The first-order chi connectivity index (χ1) is 12.0. The van der Waals surface area contributed by atoms with E-state index in [0.717, 1.165) is 10.9 Å². The smallest absolute Gasteiger partial charge is 0.310 e. The first kappa shape index (κ1) is 16.6. The highest BCUT2D eigenvalue weighted by atomic mass is 16.5. The standard InChI is InChI=1S/C19H17NO5/c1-12-4-2-3-5-16(12)20-18(22)11-25-19(23)8-13-10-24-17-9-14(21)6-7-15(13)17/h2-7,9-10,21H,8,11H2,1H3,(H,20,22). The molecule has 2 aromatic carbocycles. The number of phenolic OH excluding ortho intramolecular Hbond substituents is 1. The summed E-state index contributed by atoms with van der Waals surface area (Å²) < 4.78 is 10.3. The fourth-order valence-corrected chi connectivity index (χ4v) is 2.46. The van der Waals surface area contributed by atoms with Crippen molar-refractivity contribution in [2.24, 2.45) is 0 Å². The number of esters is 1. The van der Waals surface area contributed by atoms with Crippen LogP contribution in [0.1, 0.15) is 11.1 Å². The summed E-state index contributed by atoms with van der Waals surface area (Å²) in [7, 11) is 0. The van der Waals surface area contributed by atoms with E-state index in [-0.39, 0.29) is 18.8 Å². The molecule has 0 spiro atoms. The third kappa shape index (κ3) is 3.98. The Morgan fingerprint density at radius 3 is 2.80 bits per heavy atom. The molecule has 6 nitrogen and oxygen atoms in total. The van der Waals surface area contributed by atoms with Crippen LogP contribution in [-0.2, 0) is 20.7 Å². The molecule has 0 aliphatic rings. The van der Waals surface area contributed by atoms with Gasteiger partial charge in [0.15, 0.2) is 6.61 Å². The number of phenols is 1. The van der Waals surface area contributed by atoms with Gasteiger partial charge >= 0.3 is 5.97 Å². The fourth-order valence-electron chi connectivity index (χ4n) is 2.46. The molecular weight excluding hydrogens is 322 g/mol. The number of ether oxygens (including phenoxy) is 1. The van der Waals surface area contributed by atoms with Crippen molar-refractivity contribution in [3.05, 3.63) is 59.9 Å². The van der Waals surface area contributed by atoms with E-state index >= 15 is 0 Å². The molecule has 1 amide bonds. The molecule has 0 unspecified atom stereocenters. The molecule has 2 N–H and O–H groups in total. The molecular formula is C19H17NO5. The van der Waals surface area contributed by atoms with Gasteiger partial charge < -0.3 is 19.6 Å². The summed E-state index contributed by atoms with van der Waals surface area (Å²) >= 11 is 0. The van der Waals surface area contributed by atoms with E-state index in [2.05, 4.69) is 5.32 Å². The van der Waals surface area contributed by atoms with Crippen LogP contribution in [0.4, 0.5) is 5.69 Å². The molecule has 3 rings (SSSR count). The van der Waals surface area contributed by atoms with Gasteiger partial charge in [0.1, 0.15) is 11.3 Å². The van der Waals surface area contributed by atoms with Crippen molar-refractivity contribution in [3.63, 3.8) is 0 Å². The van der Waals surface area contributed by atoms with Crippen molar-refractivity contribution in [2.45, 2.75) is 13.3 Å². The predicted molar refractivity (Wildman–Crippen MR) is 92.4 cm³/mol. The summed E-state index contributed by atoms with van der Waals surface area (Å²) in [5, 5.41) is 12.8. The first-order valence-corrected chi connectivity index (χ1v) is 7.73. The Bertz CT molecular complexity index is 928. The van der Waals surface area contributed by atoms with Crippen molar-refractivity contribution >= 4 is 28.5 Å². The highest BCUT2D eigenvalue weighted by Crippen LogP contribution is 2.25. The number of aromatic hydroxyl groups is 1. The Morgan fingerprint density at radius 2 is 2.00 bits per heavy atom. The fraction of sp³-hybridized carbons (Fsp3) is 0.158. The molecule has 1 heterocycles. The molecule has 0 aliphatic heterocycles. The molecule has 1 aromatic heterocycles. The zero-order valence-corrected chi connectivity index (χ0v) is 13.6. The summed E-state index contributed by atoms with van der Waals surface area (Å²) in [4.78, 5) is 23.8. The van der Waals surface area contributed by atoms with Crippen LogP contribution in [0.2, 0.25) is 0 Å². The van der Waals surface area contributed by atoms with E-state index in [4.69, 9.17) is 9.15 Å². The van der Waals surface area contributed by atoms with Gasteiger partial charge in [-0.25, -0.2) is 0 Å². The molecule has 0 fully saturated rings. The Balaban J connectivity index is 1.55. The van der Waals surface area contributed by atoms with Gasteiger partial charge in [-0.15, -0.1) is 0 Å². The van der Waals surface area contributed by atoms with Gasteiger partial charge in [0.2, 0.25) is 0 Å². The molecule has 0 saturated heterocycles. The van der Waals surface area contributed by atoms with Crippen LogP contribution in [0.25, 0.3) is 11.0 Å². The van der Waals surface area contributed by atoms with Gasteiger partial charge in [0.25, 0.3) is 5.91 Å². The van der Waals surface area contributed by atoms with Crippen molar-refractivity contribution < 1.29 is 23.8 Å². The van der Waals surface area contributed by atoms with Gasteiger partial charge in [-0.3, -0.25) is 9.59 Å². The zero-order valence-electron chi connectivity index (χ0n) is 13.6. The highest BCUT2D eigenvalue weighted by Gasteiger charge is 2.13. The lowest BCUT2D eigenvalue weighted by Gasteiger charge is -2.08. The number of carbonyl (C=O) groups is 2. The molecule has 0 atom stereocenters. The second-order valence-electron chi connectivity index (χ2n) is 5.64. The second-order valence-corrected chi connectivity index (χ2v) is 5.64. The van der Waals surface area contributed by atoms with Gasteiger partial charge in [0.05, 0.1) is 12.7 Å². The van der Waals surface area contributed by atoms with Crippen molar-refractivity contribution in [1.29, 1.82) is 0 Å². The maximum Gasteiger partial charge on any atom is 0.310 e.